The number of nitrogens with one attached hydrogen (secondary N) is 1. The molecule has 24 heavy (non-hydrogen) atoms. The molecule has 1 aromatic carbocycles. The van der Waals surface area contributed by atoms with Crippen LogP contribution in [0.3, 0.4) is 0 Å². The topological polar surface area (TPSA) is 102 Å². The minimum Gasteiger partial charge on any atom is -0.412 e. The Bertz CT molecular complexity index is 808. The average Bonchev–Trinajstić information content (AvgIpc) is 2.99. The number of aromatic nitrogens is 2. The second kappa shape index (κ2) is 8.46. The molecule has 0 radical (unpaired) electrons. The number of carbonyl (C=O) groups is 1. The molecule has 0 saturated heterocycles. The van der Waals surface area contributed by atoms with Crippen LogP contribution >= 0.6 is 23.2 Å². The number of sulfone groups is 1. The molecule has 0 aliphatic carbocycles. The molecular weight excluding hydrogens is 377 g/mol. The van der Waals surface area contributed by atoms with Gasteiger partial charge in [-0.3, -0.25) is 4.79 Å². The van der Waals surface area contributed by atoms with E-state index in [1.54, 1.807) is 24.3 Å². The molecule has 0 saturated carbocycles. The Morgan fingerprint density at radius 2 is 2.00 bits per heavy atom. The quantitative estimate of drug-likeness (QED) is 0.690. The summed E-state index contributed by atoms with van der Waals surface area (Å²) in [6.07, 6.45) is 0.436. The van der Waals surface area contributed by atoms with Crippen LogP contribution in [0.1, 0.15) is 17.9 Å². The predicted molar refractivity (Wildman–Crippen MR) is 88.7 cm³/mol. The van der Waals surface area contributed by atoms with Gasteiger partial charge in [-0.15, -0.1) is 16.7 Å². The minimum atomic E-state index is -3.79. The normalized spacial score (nSPS) is 11.4. The third-order valence-electron chi connectivity index (χ3n) is 3.00. The van der Waals surface area contributed by atoms with Gasteiger partial charge in [0.2, 0.25) is 21.6 Å². The molecule has 2 rings (SSSR count). The van der Waals surface area contributed by atoms with Crippen molar-refractivity contribution in [3.63, 3.8) is 0 Å². The van der Waals surface area contributed by atoms with Crippen molar-refractivity contribution in [3.05, 3.63) is 40.7 Å². The van der Waals surface area contributed by atoms with Gasteiger partial charge in [-0.05, 0) is 11.6 Å². The average molecular weight is 392 g/mol. The molecule has 1 amide bonds. The second-order valence-corrected chi connectivity index (χ2v) is 7.50. The molecular formula is C14H15Cl2N3O4S. The second-order valence-electron chi connectivity index (χ2n) is 4.85. The maximum atomic E-state index is 12.3. The van der Waals surface area contributed by atoms with Crippen molar-refractivity contribution in [1.29, 1.82) is 0 Å². The van der Waals surface area contributed by atoms with E-state index in [9.17, 15) is 13.2 Å². The number of carbonyl (C=O) groups excluding carboxylic acids is 1. The van der Waals surface area contributed by atoms with Crippen LogP contribution in [0.4, 0.5) is 0 Å². The third kappa shape index (κ3) is 5.19. The molecule has 0 fully saturated rings. The summed E-state index contributed by atoms with van der Waals surface area (Å²) >= 11 is 11.4. The van der Waals surface area contributed by atoms with Gasteiger partial charge in [-0.2, -0.15) is 0 Å². The monoisotopic (exact) mass is 391 g/mol. The Morgan fingerprint density at radius 3 is 2.71 bits per heavy atom. The lowest BCUT2D eigenvalue weighted by atomic mass is 10.2. The molecule has 1 aromatic heterocycles. The lowest BCUT2D eigenvalue weighted by molar-refractivity contribution is -0.120. The number of halogens is 2. The van der Waals surface area contributed by atoms with Gasteiger partial charge in [0.1, 0.15) is 0 Å². The number of alkyl halides is 1. The van der Waals surface area contributed by atoms with E-state index in [1.807, 2.05) is 0 Å². The minimum absolute atomic E-state index is 0.124. The summed E-state index contributed by atoms with van der Waals surface area (Å²) < 4.78 is 29.8. The molecule has 2 aromatic rings. The van der Waals surface area contributed by atoms with E-state index in [2.05, 4.69) is 15.5 Å². The molecule has 7 nitrogen and oxygen atoms in total. The van der Waals surface area contributed by atoms with Gasteiger partial charge in [0.15, 0.2) is 0 Å². The van der Waals surface area contributed by atoms with E-state index in [1.165, 1.54) is 0 Å². The highest BCUT2D eigenvalue weighted by Gasteiger charge is 2.24. The number of hydrogen-bond acceptors (Lipinski definition) is 6. The summed E-state index contributed by atoms with van der Waals surface area (Å²) in [5, 5.41) is 9.74. The molecule has 0 unspecified atom stereocenters. The van der Waals surface area contributed by atoms with Crippen molar-refractivity contribution in [2.45, 2.75) is 23.8 Å². The highest BCUT2D eigenvalue weighted by Crippen LogP contribution is 2.21. The maximum absolute atomic E-state index is 12.3. The van der Waals surface area contributed by atoms with Crippen LogP contribution in [0.25, 0.3) is 0 Å². The van der Waals surface area contributed by atoms with E-state index in [4.69, 9.17) is 27.6 Å². The zero-order chi connectivity index (χ0) is 17.6. The Kier molecular flexibility index (Phi) is 6.59. The highest BCUT2D eigenvalue weighted by molar-refractivity contribution is 7.90. The van der Waals surface area contributed by atoms with Crippen LogP contribution in [0.5, 0.6) is 0 Å². The Morgan fingerprint density at radius 1 is 1.25 bits per heavy atom. The molecule has 1 N–H and O–H groups in total. The van der Waals surface area contributed by atoms with Crippen LogP contribution in [0.15, 0.2) is 33.9 Å². The van der Waals surface area contributed by atoms with Crippen molar-refractivity contribution in [2.24, 2.45) is 0 Å². The maximum Gasteiger partial charge on any atom is 0.335 e. The molecule has 0 bridgehead atoms. The molecule has 130 valence electrons. The van der Waals surface area contributed by atoms with E-state index in [-0.39, 0.29) is 42.8 Å². The first-order valence-electron chi connectivity index (χ1n) is 7.03. The Balaban J connectivity index is 1.98. The van der Waals surface area contributed by atoms with Gasteiger partial charge in [0.25, 0.3) is 0 Å². The fourth-order valence-corrected chi connectivity index (χ4v) is 3.46. The molecule has 0 atom stereocenters. The lowest BCUT2D eigenvalue weighted by Gasteiger charge is -2.02. The number of hydrogen-bond donors (Lipinski definition) is 1. The van der Waals surface area contributed by atoms with Crippen molar-refractivity contribution in [1.82, 2.24) is 15.5 Å². The van der Waals surface area contributed by atoms with Crippen molar-refractivity contribution < 1.29 is 17.6 Å². The van der Waals surface area contributed by atoms with Crippen LogP contribution in [-0.2, 0) is 26.8 Å². The zero-order valence-corrected chi connectivity index (χ0v) is 14.9. The van der Waals surface area contributed by atoms with E-state index < -0.39 is 15.1 Å². The fourth-order valence-electron chi connectivity index (χ4n) is 1.83. The van der Waals surface area contributed by atoms with Crippen molar-refractivity contribution in [2.75, 3.05) is 12.4 Å². The van der Waals surface area contributed by atoms with E-state index in [0.29, 0.717) is 10.6 Å². The standard InChI is InChI=1S/C14H15Cl2N3O4S/c15-7-5-12(20)17-8-6-13-18-19-14(23-13)24(21,22)9-10-3-1-2-4-11(10)16/h1-4H,5-9H2,(H,17,20). The first-order valence-corrected chi connectivity index (χ1v) is 9.60. The van der Waals surface area contributed by atoms with Gasteiger partial charge >= 0.3 is 5.22 Å². The number of amides is 1. The third-order valence-corrected chi connectivity index (χ3v) is 4.95. The summed E-state index contributed by atoms with van der Waals surface area (Å²) in [7, 11) is -3.79. The number of nitrogens with zero attached hydrogens (tertiary/aromatic N) is 2. The lowest BCUT2D eigenvalue weighted by Crippen LogP contribution is -2.25. The van der Waals surface area contributed by atoms with Gasteiger partial charge in [-0.25, -0.2) is 8.42 Å². The SMILES string of the molecule is O=C(CCCl)NCCc1nnc(S(=O)(=O)Cc2ccccc2Cl)o1. The highest BCUT2D eigenvalue weighted by atomic mass is 35.5. The van der Waals surface area contributed by atoms with Gasteiger partial charge in [0.05, 0.1) is 5.75 Å². The molecule has 0 aliphatic rings. The van der Waals surface area contributed by atoms with Crippen LogP contribution < -0.4 is 5.32 Å². The zero-order valence-electron chi connectivity index (χ0n) is 12.5. The summed E-state index contributed by atoms with van der Waals surface area (Å²) in [6.45, 7) is 0.252. The number of rotatable bonds is 8. The summed E-state index contributed by atoms with van der Waals surface area (Å²) in [5.41, 5.74) is 0.451. The van der Waals surface area contributed by atoms with Gasteiger partial charge < -0.3 is 9.73 Å². The Labute approximate surface area is 149 Å². The number of benzene rings is 1. The Hall–Kier alpha value is -1.64. The van der Waals surface area contributed by atoms with E-state index >= 15 is 0 Å². The summed E-state index contributed by atoms with van der Waals surface area (Å²) in [5.74, 6) is -0.174. The summed E-state index contributed by atoms with van der Waals surface area (Å²) in [6, 6.07) is 6.63. The van der Waals surface area contributed by atoms with Gasteiger partial charge in [-0.1, -0.05) is 34.9 Å². The molecule has 10 heteroatoms. The van der Waals surface area contributed by atoms with Crippen LogP contribution in [0.2, 0.25) is 5.02 Å². The largest absolute Gasteiger partial charge is 0.412 e. The van der Waals surface area contributed by atoms with Crippen molar-refractivity contribution >= 4 is 38.9 Å². The van der Waals surface area contributed by atoms with E-state index in [0.717, 1.165) is 0 Å². The van der Waals surface area contributed by atoms with Gasteiger partial charge in [0, 0.05) is 30.3 Å². The molecule has 0 aliphatic heterocycles. The van der Waals surface area contributed by atoms with Crippen LogP contribution in [0, 0.1) is 0 Å². The molecule has 0 spiro atoms. The predicted octanol–water partition coefficient (Wildman–Crippen LogP) is 1.98. The summed E-state index contributed by atoms with van der Waals surface area (Å²) in [4.78, 5) is 11.3. The van der Waals surface area contributed by atoms with Crippen molar-refractivity contribution in [3.8, 4) is 0 Å². The first-order chi connectivity index (χ1) is 11.4. The molecule has 1 heterocycles. The van der Waals surface area contributed by atoms with Crippen LogP contribution in [-0.4, -0.2) is 36.9 Å². The fraction of sp³-hybridized carbons (Fsp3) is 0.357. The first kappa shape index (κ1) is 18.7. The smallest absolute Gasteiger partial charge is 0.335 e.